The third kappa shape index (κ3) is 4.64. The molecule has 0 fully saturated rings. The average molecular weight is 370 g/mol. The van der Waals surface area contributed by atoms with Crippen LogP contribution in [-0.2, 0) is 4.84 Å². The highest BCUT2D eigenvalue weighted by Crippen LogP contribution is 2.29. The summed E-state index contributed by atoms with van der Waals surface area (Å²) in [5.74, 6) is -3.97. The molecule has 0 radical (unpaired) electrons. The summed E-state index contributed by atoms with van der Waals surface area (Å²) in [5, 5.41) is 11.0. The standard InChI is InChI=1S/C17H17F3N2O4/c1-2-25-10-3-6-14(13(19)9-10)21-16-11(4-5-12(18)15(16)20)17(24)22-26-8-7-23/h3-6,9,21,23H,2,7-8H2,1H3,(H,22,24). The van der Waals surface area contributed by atoms with Crippen molar-refractivity contribution < 1.29 is 32.6 Å². The molecule has 0 aliphatic carbocycles. The Labute approximate surface area is 147 Å². The molecule has 0 saturated carbocycles. The molecule has 3 N–H and O–H groups in total. The normalized spacial score (nSPS) is 10.5. The van der Waals surface area contributed by atoms with Gasteiger partial charge in [-0.3, -0.25) is 9.63 Å². The molecule has 1 amide bonds. The first-order chi connectivity index (χ1) is 12.5. The van der Waals surface area contributed by atoms with Crippen LogP contribution in [0.2, 0.25) is 0 Å². The van der Waals surface area contributed by atoms with E-state index in [-0.39, 0.29) is 30.2 Å². The fraction of sp³-hybridized carbons (Fsp3) is 0.235. The predicted molar refractivity (Wildman–Crippen MR) is 87.7 cm³/mol. The molecule has 2 aromatic rings. The maximum absolute atomic E-state index is 14.2. The topological polar surface area (TPSA) is 79.8 Å². The number of carbonyl (C=O) groups excluding carboxylic acids is 1. The first-order valence-corrected chi connectivity index (χ1v) is 7.68. The molecule has 0 aliphatic heterocycles. The fourth-order valence-corrected chi connectivity index (χ4v) is 2.07. The maximum Gasteiger partial charge on any atom is 0.277 e. The van der Waals surface area contributed by atoms with Crippen LogP contribution >= 0.6 is 0 Å². The van der Waals surface area contributed by atoms with Gasteiger partial charge in [-0.2, -0.15) is 0 Å². The van der Waals surface area contributed by atoms with Crippen molar-refractivity contribution in [2.45, 2.75) is 6.92 Å². The number of halogens is 3. The van der Waals surface area contributed by atoms with E-state index in [0.717, 1.165) is 18.2 Å². The minimum atomic E-state index is -1.35. The Balaban J connectivity index is 2.33. The summed E-state index contributed by atoms with van der Waals surface area (Å²) >= 11 is 0. The van der Waals surface area contributed by atoms with Crippen LogP contribution in [0, 0.1) is 17.5 Å². The Morgan fingerprint density at radius 1 is 1.15 bits per heavy atom. The fourth-order valence-electron chi connectivity index (χ4n) is 2.07. The smallest absolute Gasteiger partial charge is 0.277 e. The van der Waals surface area contributed by atoms with Crippen LogP contribution in [0.3, 0.4) is 0 Å². The molecule has 0 aromatic heterocycles. The molecule has 26 heavy (non-hydrogen) atoms. The third-order valence-electron chi connectivity index (χ3n) is 3.21. The van der Waals surface area contributed by atoms with Gasteiger partial charge >= 0.3 is 0 Å². The molecule has 0 atom stereocenters. The van der Waals surface area contributed by atoms with Gasteiger partial charge in [-0.25, -0.2) is 18.7 Å². The average Bonchev–Trinajstić information content (AvgIpc) is 2.61. The molecule has 6 nitrogen and oxygen atoms in total. The molecule has 9 heteroatoms. The molecular formula is C17H17F3N2O4. The van der Waals surface area contributed by atoms with Crippen molar-refractivity contribution in [2.24, 2.45) is 0 Å². The zero-order valence-corrected chi connectivity index (χ0v) is 13.8. The Bertz CT molecular complexity index is 787. The van der Waals surface area contributed by atoms with Crippen LogP contribution in [0.15, 0.2) is 30.3 Å². The minimum Gasteiger partial charge on any atom is -0.494 e. The van der Waals surface area contributed by atoms with Crippen LogP contribution < -0.4 is 15.5 Å². The second-order valence-corrected chi connectivity index (χ2v) is 4.99. The van der Waals surface area contributed by atoms with Crippen molar-refractivity contribution in [3.05, 3.63) is 53.3 Å². The Morgan fingerprint density at radius 2 is 1.92 bits per heavy atom. The molecule has 0 spiro atoms. The van der Waals surface area contributed by atoms with E-state index in [4.69, 9.17) is 9.84 Å². The van der Waals surface area contributed by atoms with Gasteiger partial charge < -0.3 is 15.2 Å². The Kier molecular flexibility index (Phi) is 6.81. The maximum atomic E-state index is 14.2. The summed E-state index contributed by atoms with van der Waals surface area (Å²) in [5.41, 5.74) is 0.927. The van der Waals surface area contributed by atoms with Gasteiger partial charge in [0.1, 0.15) is 11.6 Å². The Morgan fingerprint density at radius 3 is 2.58 bits per heavy atom. The summed E-state index contributed by atoms with van der Waals surface area (Å²) in [6.07, 6.45) is 0. The molecular weight excluding hydrogens is 353 g/mol. The van der Waals surface area contributed by atoms with Crippen molar-refractivity contribution in [3.8, 4) is 5.75 Å². The molecule has 2 aromatic carbocycles. The summed E-state index contributed by atoms with van der Waals surface area (Å²) in [6, 6.07) is 5.57. The van der Waals surface area contributed by atoms with E-state index in [1.807, 2.05) is 5.48 Å². The minimum absolute atomic E-state index is 0.178. The van der Waals surface area contributed by atoms with E-state index in [2.05, 4.69) is 10.2 Å². The molecule has 0 unspecified atom stereocenters. The number of hydroxylamine groups is 1. The van der Waals surface area contributed by atoms with Gasteiger partial charge in [-0.1, -0.05) is 0 Å². The van der Waals surface area contributed by atoms with Gasteiger partial charge in [0.15, 0.2) is 11.6 Å². The molecule has 140 valence electrons. The van der Waals surface area contributed by atoms with Crippen molar-refractivity contribution in [1.82, 2.24) is 5.48 Å². The van der Waals surface area contributed by atoms with E-state index in [0.29, 0.717) is 6.61 Å². The summed E-state index contributed by atoms with van der Waals surface area (Å²) in [6.45, 7) is 1.53. The largest absolute Gasteiger partial charge is 0.494 e. The van der Waals surface area contributed by atoms with Gasteiger partial charge in [0.05, 0.1) is 36.8 Å². The van der Waals surface area contributed by atoms with Crippen molar-refractivity contribution in [2.75, 3.05) is 25.1 Å². The second kappa shape index (κ2) is 9.07. The number of anilines is 2. The molecule has 0 saturated heterocycles. The lowest BCUT2D eigenvalue weighted by Gasteiger charge is -2.14. The molecule has 0 bridgehead atoms. The van der Waals surface area contributed by atoms with Crippen LogP contribution in [0.5, 0.6) is 5.75 Å². The van der Waals surface area contributed by atoms with Gasteiger partial charge in [-0.15, -0.1) is 0 Å². The van der Waals surface area contributed by atoms with E-state index < -0.39 is 29.0 Å². The molecule has 0 aliphatic rings. The highest BCUT2D eigenvalue weighted by Gasteiger charge is 2.20. The number of aliphatic hydroxyl groups is 1. The highest BCUT2D eigenvalue weighted by atomic mass is 19.2. The number of amides is 1. The first kappa shape index (κ1) is 19.5. The van der Waals surface area contributed by atoms with Crippen molar-refractivity contribution in [1.29, 1.82) is 0 Å². The van der Waals surface area contributed by atoms with Gasteiger partial charge in [0.2, 0.25) is 0 Å². The number of hydrogen-bond donors (Lipinski definition) is 3. The lowest BCUT2D eigenvalue weighted by Crippen LogP contribution is -2.26. The summed E-state index contributed by atoms with van der Waals surface area (Å²) in [7, 11) is 0. The number of ether oxygens (including phenoxy) is 1. The lowest BCUT2D eigenvalue weighted by atomic mass is 10.1. The van der Waals surface area contributed by atoms with Crippen LogP contribution in [0.4, 0.5) is 24.5 Å². The predicted octanol–water partition coefficient (Wildman–Crippen LogP) is 2.90. The molecule has 2 rings (SSSR count). The van der Waals surface area contributed by atoms with Crippen LogP contribution in [0.1, 0.15) is 17.3 Å². The summed E-state index contributed by atoms with van der Waals surface area (Å²) < 4.78 is 47.1. The quantitative estimate of drug-likeness (QED) is 0.492. The van der Waals surface area contributed by atoms with Crippen molar-refractivity contribution >= 4 is 17.3 Å². The second-order valence-electron chi connectivity index (χ2n) is 4.99. The van der Waals surface area contributed by atoms with Gasteiger partial charge in [-0.05, 0) is 31.2 Å². The number of nitrogens with one attached hydrogen (secondary N) is 2. The van der Waals surface area contributed by atoms with E-state index in [1.54, 1.807) is 6.92 Å². The number of hydrogen-bond acceptors (Lipinski definition) is 5. The highest BCUT2D eigenvalue weighted by molar-refractivity contribution is 6.00. The van der Waals surface area contributed by atoms with Crippen LogP contribution in [-0.4, -0.2) is 30.8 Å². The zero-order valence-electron chi connectivity index (χ0n) is 13.8. The monoisotopic (exact) mass is 370 g/mol. The third-order valence-corrected chi connectivity index (χ3v) is 3.21. The van der Waals surface area contributed by atoms with Gasteiger partial charge in [0.25, 0.3) is 5.91 Å². The first-order valence-electron chi connectivity index (χ1n) is 7.68. The zero-order chi connectivity index (χ0) is 19.1. The number of benzene rings is 2. The SMILES string of the molecule is CCOc1ccc(Nc2c(C(=O)NOCCO)ccc(F)c2F)c(F)c1. The number of carbonyl (C=O) groups is 1. The van der Waals surface area contributed by atoms with E-state index in [1.165, 1.54) is 12.1 Å². The van der Waals surface area contributed by atoms with E-state index in [9.17, 15) is 18.0 Å². The van der Waals surface area contributed by atoms with Gasteiger partial charge in [0, 0.05) is 6.07 Å². The summed E-state index contributed by atoms with van der Waals surface area (Å²) in [4.78, 5) is 16.7. The number of rotatable bonds is 8. The number of aliphatic hydroxyl groups excluding tert-OH is 1. The lowest BCUT2D eigenvalue weighted by molar-refractivity contribution is 0.0168. The van der Waals surface area contributed by atoms with E-state index >= 15 is 0 Å². The van der Waals surface area contributed by atoms with Crippen LogP contribution in [0.25, 0.3) is 0 Å². The molecule has 0 heterocycles. The van der Waals surface area contributed by atoms with Crippen molar-refractivity contribution in [3.63, 3.8) is 0 Å². The Hall–Kier alpha value is -2.78.